The van der Waals surface area contributed by atoms with E-state index in [2.05, 4.69) is 5.32 Å². The molecule has 1 saturated heterocycles. The summed E-state index contributed by atoms with van der Waals surface area (Å²) in [4.78, 5) is 11.5. The van der Waals surface area contributed by atoms with Gasteiger partial charge >= 0.3 is 0 Å². The molecule has 14 heavy (non-hydrogen) atoms. The molecule has 80 valence electrons. The third-order valence-corrected chi connectivity index (χ3v) is 4.05. The summed E-state index contributed by atoms with van der Waals surface area (Å²) in [6.45, 7) is 0. The standard InChI is InChI=1S/C10H18N2OS/c11-8-6-9(8)12-10(13)5-7-1-3-14-4-2-7/h7-9H,1-6,11H2,(H,12,13). The molecule has 1 heterocycles. The van der Waals surface area contributed by atoms with Crippen LogP contribution in [0.15, 0.2) is 0 Å². The van der Waals surface area contributed by atoms with Crippen LogP contribution in [0.1, 0.15) is 25.7 Å². The first-order chi connectivity index (χ1) is 6.75. The first-order valence-corrected chi connectivity index (χ1v) is 6.54. The van der Waals surface area contributed by atoms with Gasteiger partial charge in [-0.15, -0.1) is 0 Å². The molecule has 3 nitrogen and oxygen atoms in total. The summed E-state index contributed by atoms with van der Waals surface area (Å²) in [5, 5.41) is 2.98. The Balaban J connectivity index is 1.65. The normalized spacial score (nSPS) is 32.6. The van der Waals surface area contributed by atoms with E-state index in [4.69, 9.17) is 5.73 Å². The van der Waals surface area contributed by atoms with Gasteiger partial charge in [-0.25, -0.2) is 0 Å². The molecule has 3 N–H and O–H groups in total. The van der Waals surface area contributed by atoms with Gasteiger partial charge < -0.3 is 11.1 Å². The van der Waals surface area contributed by atoms with Crippen molar-refractivity contribution in [3.63, 3.8) is 0 Å². The second-order valence-corrected chi connectivity index (χ2v) is 5.56. The fourth-order valence-electron chi connectivity index (χ4n) is 1.86. The lowest BCUT2D eigenvalue weighted by Gasteiger charge is -2.20. The lowest BCUT2D eigenvalue weighted by molar-refractivity contribution is -0.122. The van der Waals surface area contributed by atoms with Crippen LogP contribution >= 0.6 is 11.8 Å². The number of nitrogens with two attached hydrogens (primary N) is 1. The van der Waals surface area contributed by atoms with Crippen LogP contribution in [0, 0.1) is 5.92 Å². The average molecular weight is 214 g/mol. The topological polar surface area (TPSA) is 55.1 Å². The fraction of sp³-hybridized carbons (Fsp3) is 0.900. The predicted molar refractivity (Wildman–Crippen MR) is 59.2 cm³/mol. The number of hydrogen-bond acceptors (Lipinski definition) is 3. The van der Waals surface area contributed by atoms with Crippen molar-refractivity contribution in [1.29, 1.82) is 0 Å². The maximum atomic E-state index is 11.5. The molecule has 2 atom stereocenters. The summed E-state index contributed by atoms with van der Waals surface area (Å²) in [5.41, 5.74) is 5.63. The summed E-state index contributed by atoms with van der Waals surface area (Å²) >= 11 is 2.00. The number of hydrogen-bond donors (Lipinski definition) is 2. The predicted octanol–water partition coefficient (Wildman–Crippen LogP) is 0.735. The zero-order valence-electron chi connectivity index (χ0n) is 8.37. The van der Waals surface area contributed by atoms with Crippen molar-refractivity contribution >= 4 is 17.7 Å². The van der Waals surface area contributed by atoms with Gasteiger partial charge in [-0.3, -0.25) is 4.79 Å². The van der Waals surface area contributed by atoms with Crippen LogP contribution in [-0.4, -0.2) is 29.5 Å². The number of carbonyl (C=O) groups is 1. The van der Waals surface area contributed by atoms with E-state index in [9.17, 15) is 4.79 Å². The monoisotopic (exact) mass is 214 g/mol. The van der Waals surface area contributed by atoms with Crippen LogP contribution in [0.2, 0.25) is 0 Å². The molecule has 0 aromatic heterocycles. The SMILES string of the molecule is NC1CC1NC(=O)CC1CCSCC1. The van der Waals surface area contributed by atoms with Crippen LogP contribution in [0.4, 0.5) is 0 Å². The van der Waals surface area contributed by atoms with Crippen molar-refractivity contribution in [1.82, 2.24) is 5.32 Å². The van der Waals surface area contributed by atoms with E-state index in [1.165, 1.54) is 24.3 Å². The van der Waals surface area contributed by atoms with Crippen molar-refractivity contribution in [2.24, 2.45) is 11.7 Å². The van der Waals surface area contributed by atoms with Gasteiger partial charge in [-0.2, -0.15) is 11.8 Å². The molecule has 2 rings (SSSR count). The molecule has 2 unspecified atom stereocenters. The minimum absolute atomic E-state index is 0.208. The summed E-state index contributed by atoms with van der Waals surface area (Å²) in [6, 6.07) is 0.501. The molecule has 1 saturated carbocycles. The van der Waals surface area contributed by atoms with Crippen molar-refractivity contribution < 1.29 is 4.79 Å². The van der Waals surface area contributed by atoms with Crippen molar-refractivity contribution in [2.75, 3.05) is 11.5 Å². The lowest BCUT2D eigenvalue weighted by Crippen LogP contribution is -2.31. The fourth-order valence-corrected chi connectivity index (χ4v) is 3.06. The van der Waals surface area contributed by atoms with Gasteiger partial charge in [0.1, 0.15) is 0 Å². The summed E-state index contributed by atoms with van der Waals surface area (Å²) in [7, 11) is 0. The van der Waals surface area contributed by atoms with E-state index < -0.39 is 0 Å². The molecule has 0 spiro atoms. The quantitative estimate of drug-likeness (QED) is 0.728. The lowest BCUT2D eigenvalue weighted by atomic mass is 9.98. The molecule has 1 aliphatic carbocycles. The Hall–Kier alpha value is -0.220. The van der Waals surface area contributed by atoms with E-state index in [-0.39, 0.29) is 18.0 Å². The third-order valence-electron chi connectivity index (χ3n) is 3.00. The summed E-state index contributed by atoms with van der Waals surface area (Å²) in [5.74, 6) is 3.27. The van der Waals surface area contributed by atoms with Crippen molar-refractivity contribution in [2.45, 2.75) is 37.8 Å². The highest BCUT2D eigenvalue weighted by atomic mass is 32.2. The molecular formula is C10H18N2OS. The largest absolute Gasteiger partial charge is 0.352 e. The van der Waals surface area contributed by atoms with E-state index in [0.717, 1.165) is 6.42 Å². The maximum Gasteiger partial charge on any atom is 0.220 e. The number of amides is 1. The zero-order valence-corrected chi connectivity index (χ0v) is 9.19. The molecule has 0 bridgehead atoms. The first-order valence-electron chi connectivity index (χ1n) is 5.38. The van der Waals surface area contributed by atoms with Gasteiger partial charge in [-0.05, 0) is 36.7 Å². The number of nitrogens with one attached hydrogen (secondary N) is 1. The van der Waals surface area contributed by atoms with Crippen LogP contribution < -0.4 is 11.1 Å². The first kappa shape index (κ1) is 10.3. The Kier molecular flexibility index (Phi) is 3.34. The molecule has 0 aromatic carbocycles. The molecule has 1 aliphatic heterocycles. The molecule has 1 amide bonds. The number of thioether (sulfide) groups is 1. The molecule has 2 aliphatic rings. The molecule has 0 aromatic rings. The van der Waals surface area contributed by atoms with Crippen LogP contribution in [0.5, 0.6) is 0 Å². The Bertz CT molecular complexity index is 216. The van der Waals surface area contributed by atoms with E-state index in [1.807, 2.05) is 11.8 Å². The minimum atomic E-state index is 0.208. The van der Waals surface area contributed by atoms with Gasteiger partial charge in [0.05, 0.1) is 0 Å². The summed E-state index contributed by atoms with van der Waals surface area (Å²) < 4.78 is 0. The minimum Gasteiger partial charge on any atom is -0.352 e. The van der Waals surface area contributed by atoms with E-state index in [1.54, 1.807) is 0 Å². The highest BCUT2D eigenvalue weighted by molar-refractivity contribution is 7.99. The zero-order chi connectivity index (χ0) is 9.97. The highest BCUT2D eigenvalue weighted by Gasteiger charge is 2.34. The van der Waals surface area contributed by atoms with Crippen LogP contribution in [-0.2, 0) is 4.79 Å². The average Bonchev–Trinajstić information content (AvgIpc) is 2.83. The van der Waals surface area contributed by atoms with Crippen LogP contribution in [0.25, 0.3) is 0 Å². The van der Waals surface area contributed by atoms with Crippen molar-refractivity contribution in [3.05, 3.63) is 0 Å². The van der Waals surface area contributed by atoms with Gasteiger partial charge in [0.15, 0.2) is 0 Å². The Morgan fingerprint density at radius 3 is 2.64 bits per heavy atom. The Morgan fingerprint density at radius 1 is 1.43 bits per heavy atom. The molecule has 2 fully saturated rings. The number of rotatable bonds is 3. The Labute approximate surface area is 89.2 Å². The van der Waals surface area contributed by atoms with Gasteiger partial charge in [0, 0.05) is 18.5 Å². The van der Waals surface area contributed by atoms with Crippen molar-refractivity contribution in [3.8, 4) is 0 Å². The Morgan fingerprint density at radius 2 is 2.07 bits per heavy atom. The summed E-state index contributed by atoms with van der Waals surface area (Å²) in [6.07, 6.45) is 4.08. The van der Waals surface area contributed by atoms with Crippen LogP contribution in [0.3, 0.4) is 0 Å². The van der Waals surface area contributed by atoms with Gasteiger partial charge in [0.25, 0.3) is 0 Å². The van der Waals surface area contributed by atoms with Gasteiger partial charge in [0.2, 0.25) is 5.91 Å². The number of carbonyl (C=O) groups excluding carboxylic acids is 1. The molecule has 4 heteroatoms. The third kappa shape index (κ3) is 2.89. The van der Waals surface area contributed by atoms with Gasteiger partial charge in [-0.1, -0.05) is 0 Å². The molecule has 0 radical (unpaired) electrons. The second-order valence-electron chi connectivity index (χ2n) is 4.33. The highest BCUT2D eigenvalue weighted by Crippen LogP contribution is 2.25. The smallest absolute Gasteiger partial charge is 0.220 e. The molecular weight excluding hydrogens is 196 g/mol. The maximum absolute atomic E-state index is 11.5. The van der Waals surface area contributed by atoms with E-state index in [0.29, 0.717) is 12.3 Å². The van der Waals surface area contributed by atoms with E-state index >= 15 is 0 Å². The second kappa shape index (κ2) is 4.53.